The quantitative estimate of drug-likeness (QED) is 0.350. The van der Waals surface area contributed by atoms with Gasteiger partial charge in [0.25, 0.3) is 0 Å². The molecule has 2 aromatic heterocycles. The van der Waals surface area contributed by atoms with E-state index in [4.69, 9.17) is 4.74 Å². The third-order valence-corrected chi connectivity index (χ3v) is 5.82. The van der Waals surface area contributed by atoms with Crippen LogP contribution < -0.4 is 10.1 Å². The number of aryl methyl sites for hydroxylation is 1. The molecule has 0 amide bonds. The third-order valence-electron chi connectivity index (χ3n) is 5.41. The summed E-state index contributed by atoms with van der Waals surface area (Å²) in [6.07, 6.45) is 1.60. The average molecular weight is 510 g/mol. The highest BCUT2D eigenvalue weighted by Crippen LogP contribution is 2.41. The first kappa shape index (κ1) is 21.3. The van der Waals surface area contributed by atoms with E-state index in [0.717, 1.165) is 16.9 Å². The van der Waals surface area contributed by atoms with E-state index in [9.17, 15) is 8.78 Å². The van der Waals surface area contributed by atoms with Crippen molar-refractivity contribution in [2.24, 2.45) is 4.99 Å². The molecule has 5 rings (SSSR count). The summed E-state index contributed by atoms with van der Waals surface area (Å²) < 4.78 is 36.9. The number of anilines is 1. The highest BCUT2D eigenvalue weighted by molar-refractivity contribution is 9.10. The minimum Gasteiger partial charge on any atom is -0.497 e. The van der Waals surface area contributed by atoms with Gasteiger partial charge in [0.1, 0.15) is 33.5 Å². The number of halogens is 3. The lowest BCUT2D eigenvalue weighted by atomic mass is 10.1. The minimum absolute atomic E-state index is 0.0572. The van der Waals surface area contributed by atoms with Crippen LogP contribution in [0, 0.1) is 18.6 Å². The van der Waals surface area contributed by atoms with Crippen molar-refractivity contribution in [2.45, 2.75) is 13.5 Å². The van der Waals surface area contributed by atoms with E-state index in [2.05, 4.69) is 36.3 Å². The van der Waals surface area contributed by atoms with Gasteiger partial charge in [-0.05, 0) is 58.7 Å². The normalized spacial score (nSPS) is 12.3. The van der Waals surface area contributed by atoms with Gasteiger partial charge in [0.2, 0.25) is 0 Å². The molecular formula is C24H18BrF2N5O. The van der Waals surface area contributed by atoms with Crippen LogP contribution in [0.15, 0.2) is 64.3 Å². The zero-order valence-electron chi connectivity index (χ0n) is 17.7. The Balaban J connectivity index is 1.69. The molecule has 0 saturated carbocycles. The van der Waals surface area contributed by atoms with Crippen molar-refractivity contribution in [1.29, 1.82) is 0 Å². The van der Waals surface area contributed by atoms with E-state index >= 15 is 0 Å². The van der Waals surface area contributed by atoms with Crippen LogP contribution in [-0.2, 0) is 6.54 Å². The number of methoxy groups -OCH3 is 1. The molecule has 0 bridgehead atoms. The molecule has 0 spiro atoms. The van der Waals surface area contributed by atoms with Crippen LogP contribution in [0.2, 0.25) is 0 Å². The molecule has 3 heterocycles. The maximum Gasteiger partial charge on any atom is 0.144 e. The Morgan fingerprint density at radius 3 is 2.52 bits per heavy atom. The molecule has 1 aliphatic heterocycles. The molecule has 9 heteroatoms. The van der Waals surface area contributed by atoms with Gasteiger partial charge in [0.15, 0.2) is 0 Å². The molecule has 2 aromatic carbocycles. The maximum atomic E-state index is 14.6. The number of ether oxygens (including phenoxy) is 1. The van der Waals surface area contributed by atoms with E-state index < -0.39 is 11.6 Å². The summed E-state index contributed by atoms with van der Waals surface area (Å²) in [5.74, 6) is -0.597. The number of aliphatic imine (C=N–C) groups is 1. The van der Waals surface area contributed by atoms with Crippen molar-refractivity contribution in [2.75, 3.05) is 12.4 Å². The molecule has 0 saturated heterocycles. The average Bonchev–Trinajstić information content (AvgIpc) is 3.09. The standard InChI is InChI=1S/C24H18BrF2N5O/c1-13-22-16(10-20(25)29-13)23-19(30-24(31-22)21-17(26)4-3-5-18(21)27)11-28-32(23)12-14-6-8-15(33-2)9-7-14/h3-11H,12H2,1-2H3,(H,30,31). The van der Waals surface area contributed by atoms with E-state index in [-0.39, 0.29) is 11.4 Å². The molecular weight excluding hydrogens is 492 g/mol. The topological polar surface area (TPSA) is 64.3 Å². The smallest absolute Gasteiger partial charge is 0.144 e. The number of pyridine rings is 1. The van der Waals surface area contributed by atoms with Crippen LogP contribution in [0.5, 0.6) is 5.75 Å². The molecule has 1 N–H and O–H groups in total. The second kappa shape index (κ2) is 8.40. The largest absolute Gasteiger partial charge is 0.497 e. The van der Waals surface area contributed by atoms with E-state index in [1.807, 2.05) is 41.9 Å². The SMILES string of the molecule is COc1ccc(Cn2ncc3c2-c2cc(Br)nc(C)c2NC(c2c(F)cccc2F)=N3)cc1. The molecule has 33 heavy (non-hydrogen) atoms. The van der Waals surface area contributed by atoms with Gasteiger partial charge in [0, 0.05) is 5.56 Å². The van der Waals surface area contributed by atoms with Gasteiger partial charge in [-0.2, -0.15) is 5.10 Å². The highest BCUT2D eigenvalue weighted by atomic mass is 79.9. The zero-order valence-corrected chi connectivity index (χ0v) is 19.3. The fourth-order valence-electron chi connectivity index (χ4n) is 3.85. The molecule has 0 fully saturated rings. The summed E-state index contributed by atoms with van der Waals surface area (Å²) in [6, 6.07) is 13.3. The first-order valence-corrected chi connectivity index (χ1v) is 10.9. The molecule has 0 aliphatic carbocycles. The van der Waals surface area contributed by atoms with Gasteiger partial charge in [-0.15, -0.1) is 0 Å². The predicted molar refractivity (Wildman–Crippen MR) is 126 cm³/mol. The summed E-state index contributed by atoms with van der Waals surface area (Å²) >= 11 is 3.46. The number of hydrogen-bond donors (Lipinski definition) is 1. The minimum atomic E-state index is -0.709. The van der Waals surface area contributed by atoms with Crippen molar-refractivity contribution in [1.82, 2.24) is 14.8 Å². The van der Waals surface area contributed by atoms with Gasteiger partial charge in [0.05, 0.1) is 42.5 Å². The fraction of sp³-hybridized carbons (Fsp3) is 0.125. The second-order valence-electron chi connectivity index (χ2n) is 7.52. The van der Waals surface area contributed by atoms with Crippen LogP contribution in [0.4, 0.5) is 20.2 Å². The Labute approximate surface area is 197 Å². The summed E-state index contributed by atoms with van der Waals surface area (Å²) in [5, 5.41) is 7.66. The Hall–Kier alpha value is -3.59. The Morgan fingerprint density at radius 2 is 1.82 bits per heavy atom. The number of nitrogens with zero attached hydrogens (tertiary/aromatic N) is 4. The monoisotopic (exact) mass is 509 g/mol. The van der Waals surface area contributed by atoms with Crippen LogP contribution >= 0.6 is 15.9 Å². The van der Waals surface area contributed by atoms with Crippen molar-refractivity contribution in [3.05, 3.63) is 87.8 Å². The zero-order chi connectivity index (χ0) is 23.1. The van der Waals surface area contributed by atoms with Gasteiger partial charge >= 0.3 is 0 Å². The van der Waals surface area contributed by atoms with E-state index in [1.165, 1.54) is 18.2 Å². The third kappa shape index (κ3) is 3.89. The molecule has 166 valence electrons. The first-order valence-electron chi connectivity index (χ1n) is 10.1. The second-order valence-corrected chi connectivity index (χ2v) is 8.33. The van der Waals surface area contributed by atoms with Crippen molar-refractivity contribution in [3.8, 4) is 17.0 Å². The Bertz CT molecular complexity index is 1380. The fourth-order valence-corrected chi connectivity index (χ4v) is 4.34. The number of fused-ring (bicyclic) bond motifs is 3. The van der Waals surface area contributed by atoms with Gasteiger partial charge in [-0.3, -0.25) is 4.68 Å². The van der Waals surface area contributed by atoms with Gasteiger partial charge in [-0.1, -0.05) is 18.2 Å². The molecule has 0 radical (unpaired) electrons. The lowest BCUT2D eigenvalue weighted by Gasteiger charge is -2.15. The first-order chi connectivity index (χ1) is 15.9. The van der Waals surface area contributed by atoms with Crippen LogP contribution in [0.3, 0.4) is 0 Å². The van der Waals surface area contributed by atoms with Crippen LogP contribution in [0.25, 0.3) is 11.3 Å². The summed E-state index contributed by atoms with van der Waals surface area (Å²) in [7, 11) is 1.62. The number of nitrogens with one attached hydrogen (secondary N) is 1. The summed E-state index contributed by atoms with van der Waals surface area (Å²) in [6.45, 7) is 2.29. The Morgan fingerprint density at radius 1 is 1.09 bits per heavy atom. The van der Waals surface area contributed by atoms with Crippen molar-refractivity contribution in [3.63, 3.8) is 0 Å². The maximum absolute atomic E-state index is 14.6. The number of benzene rings is 2. The number of aromatic nitrogens is 3. The number of hydrogen-bond acceptors (Lipinski definition) is 5. The molecule has 6 nitrogen and oxygen atoms in total. The lowest BCUT2D eigenvalue weighted by molar-refractivity contribution is 0.414. The van der Waals surface area contributed by atoms with Gasteiger partial charge < -0.3 is 10.1 Å². The number of rotatable bonds is 4. The van der Waals surface area contributed by atoms with E-state index in [1.54, 1.807) is 13.3 Å². The van der Waals surface area contributed by atoms with Crippen LogP contribution in [0.1, 0.15) is 16.8 Å². The lowest BCUT2D eigenvalue weighted by Crippen LogP contribution is -2.18. The summed E-state index contributed by atoms with van der Waals surface area (Å²) in [4.78, 5) is 9.05. The molecule has 1 aliphatic rings. The highest BCUT2D eigenvalue weighted by Gasteiger charge is 2.26. The van der Waals surface area contributed by atoms with Gasteiger partial charge in [-0.25, -0.2) is 18.8 Å². The van der Waals surface area contributed by atoms with E-state index in [0.29, 0.717) is 33.9 Å². The Kier molecular flexibility index (Phi) is 5.41. The van der Waals surface area contributed by atoms with Crippen molar-refractivity contribution < 1.29 is 13.5 Å². The predicted octanol–water partition coefficient (Wildman–Crippen LogP) is 5.85. The molecule has 0 atom stereocenters. The summed E-state index contributed by atoms with van der Waals surface area (Å²) in [5.41, 5.74) is 4.00. The molecule has 4 aromatic rings. The van der Waals surface area contributed by atoms with Crippen LogP contribution in [-0.4, -0.2) is 27.7 Å². The van der Waals surface area contributed by atoms with Crippen molar-refractivity contribution >= 4 is 33.1 Å². The number of amidine groups is 1. The molecule has 0 unspecified atom stereocenters.